The van der Waals surface area contributed by atoms with Crippen LogP contribution < -0.4 is 0 Å². The van der Waals surface area contributed by atoms with Gasteiger partial charge in [0.15, 0.2) is 0 Å². The molecule has 0 aromatic carbocycles. The van der Waals surface area contributed by atoms with E-state index in [1.165, 1.54) is 0 Å². The zero-order chi connectivity index (χ0) is 25.6. The first-order valence-corrected chi connectivity index (χ1v) is 12.7. The van der Waals surface area contributed by atoms with Crippen LogP contribution in [0.25, 0.3) is 0 Å². The Morgan fingerprint density at radius 1 is 0.781 bits per heavy atom. The minimum atomic E-state index is -7.88. The van der Waals surface area contributed by atoms with Crippen LogP contribution in [0.4, 0.5) is 48.3 Å². The number of halogens is 11. The van der Waals surface area contributed by atoms with Crippen LogP contribution in [0.2, 0.25) is 0 Å². The molecule has 0 spiro atoms. The lowest BCUT2D eigenvalue weighted by Gasteiger charge is -2.38. The van der Waals surface area contributed by atoms with Gasteiger partial charge in [-0.2, -0.15) is 56.7 Å². The first kappa shape index (κ1) is 29.2. The molecular weight excluding hydrogens is 517 g/mol. The van der Waals surface area contributed by atoms with E-state index >= 15 is 0 Å². The molecule has 0 N–H and O–H groups in total. The zero-order valence-corrected chi connectivity index (χ0v) is 18.1. The van der Waals surface area contributed by atoms with Crippen LogP contribution in [0.5, 0.6) is 0 Å². The third-order valence-electron chi connectivity index (χ3n) is 4.65. The van der Waals surface area contributed by atoms with E-state index in [0.29, 0.717) is 25.7 Å². The molecule has 0 atom stereocenters. The van der Waals surface area contributed by atoms with Gasteiger partial charge < -0.3 is 0 Å². The molecule has 17 heteroatoms. The topological polar surface area (TPSA) is 60.4 Å². The van der Waals surface area contributed by atoms with Crippen molar-refractivity contribution in [3.05, 3.63) is 0 Å². The molecule has 1 aliphatic rings. The first-order chi connectivity index (χ1) is 13.9. The normalized spacial score (nSPS) is 19.2. The van der Waals surface area contributed by atoms with Crippen molar-refractivity contribution in [2.45, 2.75) is 61.3 Å². The Kier molecular flexibility index (Phi) is 7.98. The van der Waals surface area contributed by atoms with Gasteiger partial charge in [0, 0.05) is 5.92 Å². The summed E-state index contributed by atoms with van der Waals surface area (Å²) >= 11 is 0. The zero-order valence-electron chi connectivity index (χ0n) is 16.4. The fourth-order valence-electron chi connectivity index (χ4n) is 2.91. The minimum absolute atomic E-state index is 0.369. The number of carbonyl (C=O) groups is 1. The molecule has 0 saturated heterocycles. The number of Topliss-reactive ketones (excluding diaryl/α,β-unsaturated/α-hetero) is 1. The smallest absolute Gasteiger partial charge is 0.298 e. The van der Waals surface area contributed by atoms with Crippen molar-refractivity contribution in [2.75, 3.05) is 18.3 Å². The number of alkyl halides is 11. The van der Waals surface area contributed by atoms with Crippen molar-refractivity contribution in [2.24, 2.45) is 5.92 Å². The van der Waals surface area contributed by atoms with E-state index in [9.17, 15) is 61.5 Å². The van der Waals surface area contributed by atoms with Gasteiger partial charge in [0.2, 0.25) is 0 Å². The third-order valence-corrected chi connectivity index (χ3v) is 8.70. The summed E-state index contributed by atoms with van der Waals surface area (Å²) in [6, 6.07) is 0. The Hall–Kier alpha value is -0.840. The van der Waals surface area contributed by atoms with Crippen molar-refractivity contribution >= 4 is 26.2 Å². The van der Waals surface area contributed by atoms with Gasteiger partial charge in [-0.15, -0.1) is 10.3 Å². The fourth-order valence-corrected chi connectivity index (χ4v) is 6.75. The van der Waals surface area contributed by atoms with Crippen LogP contribution in [-0.4, -0.2) is 61.7 Å². The molecule has 0 bridgehead atoms. The highest BCUT2D eigenvalue weighted by Gasteiger charge is 2.90. The van der Waals surface area contributed by atoms with Crippen LogP contribution in [0.3, 0.4) is 0 Å². The monoisotopic (exact) mass is 536 g/mol. The van der Waals surface area contributed by atoms with Crippen molar-refractivity contribution in [1.29, 1.82) is 0 Å². The predicted molar refractivity (Wildman–Crippen MR) is 91.7 cm³/mol. The highest BCUT2D eigenvalue weighted by atomic mass is 32.3. The molecule has 1 saturated carbocycles. The summed E-state index contributed by atoms with van der Waals surface area (Å²) in [6.07, 6.45) is -3.19. The lowest BCUT2D eigenvalue weighted by molar-refractivity contribution is -0.413. The molecule has 32 heavy (non-hydrogen) atoms. The van der Waals surface area contributed by atoms with Crippen molar-refractivity contribution in [3.63, 3.8) is 0 Å². The summed E-state index contributed by atoms with van der Waals surface area (Å²) in [6.45, 7) is 0. The molecule has 1 rings (SSSR count). The van der Waals surface area contributed by atoms with Gasteiger partial charge in [-0.25, -0.2) is 3.63 Å². The lowest BCUT2D eigenvalue weighted by atomic mass is 9.87. The highest BCUT2D eigenvalue weighted by Crippen LogP contribution is 2.60. The average Bonchev–Trinajstić information content (AvgIpc) is 2.59. The van der Waals surface area contributed by atoms with Gasteiger partial charge in [0.1, 0.15) is 5.78 Å². The van der Waals surface area contributed by atoms with Gasteiger partial charge in [-0.1, -0.05) is 19.3 Å². The highest BCUT2D eigenvalue weighted by molar-refractivity contribution is 8.32. The van der Waals surface area contributed by atoms with E-state index in [1.807, 2.05) is 0 Å². The summed E-state index contributed by atoms with van der Waals surface area (Å²) in [4.78, 5) is 12.2. The Morgan fingerprint density at radius 3 is 1.62 bits per heavy atom. The number of hydrogen-bond donors (Lipinski definition) is 0. The maximum absolute atomic E-state index is 13.9. The van der Waals surface area contributed by atoms with Crippen molar-refractivity contribution < 1.29 is 65.1 Å². The van der Waals surface area contributed by atoms with E-state index in [0.717, 1.165) is 18.9 Å². The molecule has 0 radical (unpaired) electrons. The molecule has 0 amide bonds. The molecule has 0 aromatic heterocycles. The Bertz CT molecular complexity index is 801. The molecule has 4 nitrogen and oxygen atoms in total. The van der Waals surface area contributed by atoms with Crippen LogP contribution >= 0.6 is 10.3 Å². The van der Waals surface area contributed by atoms with E-state index in [2.05, 4.69) is 3.63 Å². The minimum Gasteiger partial charge on any atom is -0.298 e. The molecule has 0 aliphatic heterocycles. The van der Waals surface area contributed by atoms with Crippen LogP contribution in [0, 0.1) is 5.92 Å². The molecular formula is C15H19F11O4S2. The maximum atomic E-state index is 13.9. The quantitative estimate of drug-likeness (QED) is 0.364. The average molecular weight is 536 g/mol. The molecule has 192 valence electrons. The van der Waals surface area contributed by atoms with E-state index in [4.69, 9.17) is 0 Å². The standard InChI is InChI=1S/C15H19F11O4S2/c1-31(2,8-10(27)9-6-4-3-5-7-9)30-32(28,29)15(25,26)13(20,21)11(16,17)12(18,19)14(22,23)24/h9H,3-8H2,1-2H3. The van der Waals surface area contributed by atoms with Gasteiger partial charge in [0.05, 0.1) is 5.75 Å². The van der Waals surface area contributed by atoms with Crippen LogP contribution in [-0.2, 0) is 18.5 Å². The van der Waals surface area contributed by atoms with Gasteiger partial charge in [-0.3, -0.25) is 4.79 Å². The van der Waals surface area contributed by atoms with Crippen LogP contribution in [0.15, 0.2) is 0 Å². The molecule has 0 unspecified atom stereocenters. The second-order valence-corrected chi connectivity index (χ2v) is 12.8. The molecule has 0 aromatic rings. The van der Waals surface area contributed by atoms with Gasteiger partial charge >= 0.3 is 39.3 Å². The Balaban J connectivity index is 3.23. The number of carbonyl (C=O) groups excluding carboxylic acids is 1. The SMILES string of the molecule is CS(C)(CC(=O)C1CCCCC1)OS(=O)(=O)C(F)(F)C(F)(F)C(F)(F)C(F)(F)C(F)(F)F. The largest absolute Gasteiger partial charge is 0.460 e. The molecule has 1 fully saturated rings. The second kappa shape index (κ2) is 8.74. The second-order valence-electron chi connectivity index (χ2n) is 7.64. The van der Waals surface area contributed by atoms with Crippen LogP contribution in [0.1, 0.15) is 32.1 Å². The van der Waals surface area contributed by atoms with E-state index < -0.39 is 67.1 Å². The maximum Gasteiger partial charge on any atom is 0.460 e. The summed E-state index contributed by atoms with van der Waals surface area (Å²) in [7, 11) is -10.8. The summed E-state index contributed by atoms with van der Waals surface area (Å²) in [5.74, 6) is -25.5. The summed E-state index contributed by atoms with van der Waals surface area (Å²) in [5, 5.41) is -7.21. The number of ketones is 1. The van der Waals surface area contributed by atoms with Crippen molar-refractivity contribution in [1.82, 2.24) is 0 Å². The summed E-state index contributed by atoms with van der Waals surface area (Å²) < 4.78 is 171. The Labute approximate surface area is 177 Å². The summed E-state index contributed by atoms with van der Waals surface area (Å²) in [5.41, 5.74) is 0. The van der Waals surface area contributed by atoms with E-state index in [-0.39, 0.29) is 0 Å². The lowest BCUT2D eigenvalue weighted by Crippen LogP contribution is -2.68. The third kappa shape index (κ3) is 5.13. The number of hydrogen-bond acceptors (Lipinski definition) is 4. The molecule has 0 heterocycles. The predicted octanol–water partition coefficient (Wildman–Crippen LogP) is 5.52. The number of rotatable bonds is 9. The van der Waals surface area contributed by atoms with Crippen molar-refractivity contribution in [3.8, 4) is 0 Å². The van der Waals surface area contributed by atoms with E-state index in [1.54, 1.807) is 0 Å². The van der Waals surface area contributed by atoms with Gasteiger partial charge in [0.25, 0.3) is 0 Å². The molecule has 1 aliphatic carbocycles. The first-order valence-electron chi connectivity index (χ1n) is 8.72. The fraction of sp³-hybridized carbons (Fsp3) is 0.933. The Morgan fingerprint density at radius 2 is 1.22 bits per heavy atom. The van der Waals surface area contributed by atoms with Gasteiger partial charge in [-0.05, 0) is 25.4 Å².